The van der Waals surface area contributed by atoms with Crippen LogP contribution in [-0.2, 0) is 0 Å². The highest BCUT2D eigenvalue weighted by atomic mass is 15.2. The van der Waals surface area contributed by atoms with Gasteiger partial charge in [-0.25, -0.2) is 0 Å². The van der Waals surface area contributed by atoms with E-state index in [0.717, 1.165) is 17.8 Å². The van der Waals surface area contributed by atoms with Gasteiger partial charge in [-0.15, -0.1) is 0 Å². The summed E-state index contributed by atoms with van der Waals surface area (Å²) in [4.78, 5) is 2.65. The van der Waals surface area contributed by atoms with Crippen molar-refractivity contribution in [1.82, 2.24) is 4.90 Å². The third kappa shape index (κ3) is 1.44. The Kier molecular flexibility index (Phi) is 1.92. The summed E-state index contributed by atoms with van der Waals surface area (Å²) in [6.45, 7) is 8.92. The van der Waals surface area contributed by atoms with E-state index >= 15 is 0 Å². The molecule has 0 N–H and O–H groups in total. The molecule has 2 saturated heterocycles. The third-order valence-electron chi connectivity index (χ3n) is 3.44. The van der Waals surface area contributed by atoms with Crippen LogP contribution in [0.5, 0.6) is 0 Å². The van der Waals surface area contributed by atoms with Crippen LogP contribution < -0.4 is 0 Å². The molecule has 0 amide bonds. The number of piperidine rings is 1. The minimum atomic E-state index is 0.901. The van der Waals surface area contributed by atoms with Crippen LogP contribution >= 0.6 is 0 Å². The Morgan fingerprint density at radius 3 is 2.73 bits per heavy atom. The van der Waals surface area contributed by atoms with Gasteiger partial charge in [0.05, 0.1) is 0 Å². The van der Waals surface area contributed by atoms with Gasteiger partial charge in [-0.1, -0.05) is 13.8 Å². The van der Waals surface area contributed by atoms with Gasteiger partial charge in [0.15, 0.2) is 0 Å². The highest BCUT2D eigenvalue weighted by Crippen LogP contribution is 2.33. The maximum absolute atomic E-state index is 2.65. The summed E-state index contributed by atoms with van der Waals surface area (Å²) in [6, 6.07) is 0. The molecule has 2 heterocycles. The van der Waals surface area contributed by atoms with Crippen molar-refractivity contribution in [2.75, 3.05) is 19.6 Å². The molecule has 1 nitrogen and oxygen atoms in total. The molecule has 3 atom stereocenters. The van der Waals surface area contributed by atoms with E-state index in [1.54, 1.807) is 0 Å². The van der Waals surface area contributed by atoms with Crippen molar-refractivity contribution in [3.63, 3.8) is 0 Å². The molecule has 0 aromatic carbocycles. The molecule has 1 heteroatoms. The molecule has 0 spiro atoms. The maximum atomic E-state index is 2.65. The summed E-state index contributed by atoms with van der Waals surface area (Å²) >= 11 is 0. The first kappa shape index (κ1) is 7.60. The van der Waals surface area contributed by atoms with Crippen molar-refractivity contribution in [1.29, 1.82) is 0 Å². The largest absolute Gasteiger partial charge is 0.303 e. The van der Waals surface area contributed by atoms with Crippen molar-refractivity contribution in [3.8, 4) is 0 Å². The second-order valence-electron chi connectivity index (χ2n) is 4.65. The van der Waals surface area contributed by atoms with Crippen LogP contribution in [0.3, 0.4) is 0 Å². The van der Waals surface area contributed by atoms with Gasteiger partial charge >= 0.3 is 0 Å². The van der Waals surface area contributed by atoms with Crippen LogP contribution in [-0.4, -0.2) is 24.5 Å². The monoisotopic (exact) mass is 153 g/mol. The van der Waals surface area contributed by atoms with E-state index in [0.29, 0.717) is 0 Å². The number of hydrogen-bond acceptors (Lipinski definition) is 1. The lowest BCUT2D eigenvalue weighted by molar-refractivity contribution is 0.165. The van der Waals surface area contributed by atoms with Crippen molar-refractivity contribution < 1.29 is 0 Å². The molecule has 0 aromatic rings. The van der Waals surface area contributed by atoms with E-state index in [2.05, 4.69) is 18.7 Å². The lowest BCUT2D eigenvalue weighted by Gasteiger charge is -2.32. The first-order chi connectivity index (χ1) is 5.25. The number of hydrogen-bond donors (Lipinski definition) is 0. The van der Waals surface area contributed by atoms with E-state index in [1.165, 1.54) is 32.5 Å². The Labute approximate surface area is 69.8 Å². The van der Waals surface area contributed by atoms with Gasteiger partial charge in [-0.05, 0) is 37.1 Å². The average molecular weight is 153 g/mol. The molecule has 3 unspecified atom stereocenters. The molecule has 0 aromatic heterocycles. The van der Waals surface area contributed by atoms with E-state index in [4.69, 9.17) is 0 Å². The fourth-order valence-electron chi connectivity index (χ4n) is 2.59. The van der Waals surface area contributed by atoms with E-state index in [-0.39, 0.29) is 0 Å². The maximum Gasteiger partial charge on any atom is 0.00123 e. The van der Waals surface area contributed by atoms with Gasteiger partial charge in [0.2, 0.25) is 0 Å². The first-order valence-corrected chi connectivity index (χ1v) is 4.98. The van der Waals surface area contributed by atoms with Crippen LogP contribution in [0.1, 0.15) is 26.7 Å². The minimum absolute atomic E-state index is 0.901. The van der Waals surface area contributed by atoms with Crippen LogP contribution in [0, 0.1) is 17.8 Å². The molecule has 2 bridgehead atoms. The molecular weight excluding hydrogens is 134 g/mol. The zero-order chi connectivity index (χ0) is 7.84. The molecule has 64 valence electrons. The molecule has 0 saturated carbocycles. The van der Waals surface area contributed by atoms with E-state index in [1.807, 2.05) is 0 Å². The smallest absolute Gasteiger partial charge is 0.00123 e. The van der Waals surface area contributed by atoms with Gasteiger partial charge in [0.1, 0.15) is 0 Å². The zero-order valence-electron chi connectivity index (χ0n) is 7.71. The Morgan fingerprint density at radius 2 is 2.09 bits per heavy atom. The van der Waals surface area contributed by atoms with Crippen LogP contribution in [0.25, 0.3) is 0 Å². The van der Waals surface area contributed by atoms with Crippen molar-refractivity contribution in [3.05, 3.63) is 0 Å². The summed E-state index contributed by atoms with van der Waals surface area (Å²) in [5, 5.41) is 0. The fraction of sp³-hybridized carbons (Fsp3) is 1.00. The molecule has 2 fully saturated rings. The van der Waals surface area contributed by atoms with Gasteiger partial charge in [-0.3, -0.25) is 0 Å². The molecule has 0 aliphatic carbocycles. The van der Waals surface area contributed by atoms with Crippen molar-refractivity contribution >= 4 is 0 Å². The predicted octanol–water partition coefficient (Wildman–Crippen LogP) is 1.98. The van der Waals surface area contributed by atoms with Crippen molar-refractivity contribution in [2.24, 2.45) is 17.8 Å². The summed E-state index contributed by atoms with van der Waals surface area (Å²) < 4.78 is 0. The topological polar surface area (TPSA) is 3.24 Å². The third-order valence-corrected chi connectivity index (χ3v) is 3.44. The van der Waals surface area contributed by atoms with Gasteiger partial charge in [0.25, 0.3) is 0 Å². The molecular formula is C10H19N. The second-order valence-corrected chi connectivity index (χ2v) is 4.65. The van der Waals surface area contributed by atoms with Gasteiger partial charge < -0.3 is 4.90 Å². The predicted molar refractivity (Wildman–Crippen MR) is 47.5 cm³/mol. The van der Waals surface area contributed by atoms with Crippen LogP contribution in [0.15, 0.2) is 0 Å². The SMILES string of the molecule is CC(C)C1CC2CCN(C2)C1. The quantitative estimate of drug-likeness (QED) is 0.557. The molecule has 0 radical (unpaired) electrons. The second kappa shape index (κ2) is 2.78. The highest BCUT2D eigenvalue weighted by molar-refractivity contribution is 4.86. The molecule has 2 aliphatic heterocycles. The molecule has 2 aliphatic rings. The molecule has 11 heavy (non-hydrogen) atoms. The Balaban J connectivity index is 1.97. The molecule has 2 rings (SSSR count). The Bertz CT molecular complexity index is 130. The van der Waals surface area contributed by atoms with E-state index < -0.39 is 0 Å². The summed E-state index contributed by atoms with van der Waals surface area (Å²) in [5.74, 6) is 2.95. The Morgan fingerprint density at radius 1 is 1.27 bits per heavy atom. The Hall–Kier alpha value is -0.0400. The minimum Gasteiger partial charge on any atom is -0.303 e. The van der Waals surface area contributed by atoms with E-state index in [9.17, 15) is 0 Å². The van der Waals surface area contributed by atoms with Crippen LogP contribution in [0.4, 0.5) is 0 Å². The lowest BCUT2D eigenvalue weighted by atomic mass is 9.84. The number of fused-ring (bicyclic) bond motifs is 2. The normalized spacial score (nSPS) is 43.4. The number of nitrogens with zero attached hydrogens (tertiary/aromatic N) is 1. The summed E-state index contributed by atoms with van der Waals surface area (Å²) in [5.41, 5.74) is 0. The average Bonchev–Trinajstić information content (AvgIpc) is 2.30. The van der Waals surface area contributed by atoms with Crippen LogP contribution in [0.2, 0.25) is 0 Å². The standard InChI is InChI=1S/C10H19N/c1-8(2)10-5-9-3-4-11(6-9)7-10/h8-10H,3-7H2,1-2H3. The summed E-state index contributed by atoms with van der Waals surface area (Å²) in [7, 11) is 0. The highest BCUT2D eigenvalue weighted by Gasteiger charge is 2.33. The first-order valence-electron chi connectivity index (χ1n) is 4.98. The lowest BCUT2D eigenvalue weighted by Crippen LogP contribution is -2.35. The van der Waals surface area contributed by atoms with Gasteiger partial charge in [0, 0.05) is 13.1 Å². The van der Waals surface area contributed by atoms with Gasteiger partial charge in [-0.2, -0.15) is 0 Å². The van der Waals surface area contributed by atoms with Crippen molar-refractivity contribution in [2.45, 2.75) is 26.7 Å². The fourth-order valence-corrected chi connectivity index (χ4v) is 2.59. The zero-order valence-corrected chi connectivity index (χ0v) is 7.71. The number of rotatable bonds is 1. The summed E-state index contributed by atoms with van der Waals surface area (Å²) in [6.07, 6.45) is 2.98.